The molecule has 2 aromatic rings. The summed E-state index contributed by atoms with van der Waals surface area (Å²) in [4.78, 5) is 16.9. The number of benzene rings is 2. The molecule has 0 unspecified atom stereocenters. The molecular weight excluding hydrogens is 336 g/mol. The number of anilines is 1. The molecule has 1 aliphatic rings. The van der Waals surface area contributed by atoms with E-state index in [1.807, 2.05) is 71.3 Å². The summed E-state index contributed by atoms with van der Waals surface area (Å²) in [6, 6.07) is 17.5. The van der Waals surface area contributed by atoms with Gasteiger partial charge in [-0.05, 0) is 43.7 Å². The van der Waals surface area contributed by atoms with Crippen LogP contribution in [0.5, 0.6) is 5.75 Å². The number of halogens is 1. The van der Waals surface area contributed by atoms with Gasteiger partial charge in [0.2, 0.25) is 0 Å². The molecule has 2 aromatic carbocycles. The normalized spacial score (nSPS) is 21.5. The quantitative estimate of drug-likeness (QED) is 0.726. The second-order valence-electron chi connectivity index (χ2n) is 6.31. The fourth-order valence-electron chi connectivity index (χ4n) is 3.48. The van der Waals surface area contributed by atoms with Crippen molar-refractivity contribution in [1.29, 1.82) is 0 Å². The molecule has 0 N–H and O–H groups in total. The first-order chi connectivity index (χ1) is 12.1. The number of hydrogen-bond acceptors (Lipinski definition) is 2. The van der Waals surface area contributed by atoms with Crippen molar-refractivity contribution >= 4 is 23.3 Å². The van der Waals surface area contributed by atoms with E-state index in [2.05, 4.69) is 6.92 Å². The third kappa shape index (κ3) is 3.19. The Labute approximate surface area is 154 Å². The van der Waals surface area contributed by atoms with Crippen molar-refractivity contribution in [2.75, 3.05) is 17.9 Å². The van der Waals surface area contributed by atoms with Gasteiger partial charge in [0.15, 0.2) is 0 Å². The summed E-state index contributed by atoms with van der Waals surface area (Å²) in [7, 11) is 1.63. The van der Waals surface area contributed by atoms with Crippen LogP contribution in [0.2, 0.25) is 0 Å². The van der Waals surface area contributed by atoms with Gasteiger partial charge < -0.3 is 9.64 Å². The molecule has 1 aliphatic heterocycles. The predicted octanol–water partition coefficient (Wildman–Crippen LogP) is 4.69. The molecule has 0 spiro atoms. The van der Waals surface area contributed by atoms with E-state index in [-0.39, 0.29) is 24.2 Å². The van der Waals surface area contributed by atoms with Crippen molar-refractivity contribution in [3.8, 4) is 5.75 Å². The zero-order valence-corrected chi connectivity index (χ0v) is 15.5. The van der Waals surface area contributed by atoms with Crippen LogP contribution in [-0.4, -0.2) is 36.0 Å². The standard InChI is InChI=1S/C20H23ClN2O2/c1-14(16-7-5-4-6-8-16)23-19(13-21)15(2)22(20(23)24)17-9-11-18(25-3)12-10-17/h4-12,14-15,19H,13H2,1-3H3/t14-,15-,19-/m1/s1. The number of ether oxygens (including phenoxy) is 1. The van der Waals surface area contributed by atoms with E-state index >= 15 is 0 Å². The monoisotopic (exact) mass is 358 g/mol. The lowest BCUT2D eigenvalue weighted by Crippen LogP contribution is -2.39. The first-order valence-electron chi connectivity index (χ1n) is 8.45. The van der Waals surface area contributed by atoms with E-state index in [0.29, 0.717) is 5.88 Å². The van der Waals surface area contributed by atoms with E-state index in [4.69, 9.17) is 16.3 Å². The Hall–Kier alpha value is -2.20. The van der Waals surface area contributed by atoms with Gasteiger partial charge in [-0.25, -0.2) is 4.79 Å². The third-order valence-corrected chi connectivity index (χ3v) is 5.27. The van der Waals surface area contributed by atoms with Crippen LogP contribution in [0.4, 0.5) is 10.5 Å². The van der Waals surface area contributed by atoms with Crippen LogP contribution in [0.15, 0.2) is 54.6 Å². The lowest BCUT2D eigenvalue weighted by Gasteiger charge is -2.29. The number of urea groups is 1. The summed E-state index contributed by atoms with van der Waals surface area (Å²) in [5.74, 6) is 1.17. The Kier molecular flexibility index (Phi) is 5.19. The molecule has 1 heterocycles. The number of amides is 2. The summed E-state index contributed by atoms with van der Waals surface area (Å²) in [6.45, 7) is 4.10. The molecule has 132 valence electrons. The third-order valence-electron chi connectivity index (χ3n) is 4.96. The first-order valence-corrected chi connectivity index (χ1v) is 8.98. The maximum absolute atomic E-state index is 13.2. The fourth-order valence-corrected chi connectivity index (χ4v) is 3.89. The minimum atomic E-state index is -0.0496. The average Bonchev–Trinajstić information content (AvgIpc) is 2.91. The predicted molar refractivity (Wildman–Crippen MR) is 102 cm³/mol. The number of rotatable bonds is 5. The van der Waals surface area contributed by atoms with Crippen molar-refractivity contribution in [3.63, 3.8) is 0 Å². The molecule has 3 atom stereocenters. The van der Waals surface area contributed by atoms with Crippen molar-refractivity contribution in [1.82, 2.24) is 4.90 Å². The van der Waals surface area contributed by atoms with Crippen LogP contribution in [0.3, 0.4) is 0 Å². The van der Waals surface area contributed by atoms with Crippen molar-refractivity contribution in [3.05, 3.63) is 60.2 Å². The molecule has 0 saturated carbocycles. The zero-order valence-electron chi connectivity index (χ0n) is 14.7. The lowest BCUT2D eigenvalue weighted by atomic mass is 10.0. The lowest BCUT2D eigenvalue weighted by molar-refractivity contribution is 0.185. The second-order valence-corrected chi connectivity index (χ2v) is 6.62. The van der Waals surface area contributed by atoms with E-state index in [0.717, 1.165) is 17.0 Å². The molecule has 2 amide bonds. The average molecular weight is 359 g/mol. The van der Waals surface area contributed by atoms with Crippen LogP contribution in [0, 0.1) is 0 Å². The molecule has 1 saturated heterocycles. The molecule has 0 aromatic heterocycles. The van der Waals surface area contributed by atoms with Crippen LogP contribution in [0.25, 0.3) is 0 Å². The smallest absolute Gasteiger partial charge is 0.325 e. The summed E-state index contributed by atoms with van der Waals surface area (Å²) in [5, 5.41) is 0. The van der Waals surface area contributed by atoms with Gasteiger partial charge in [-0.3, -0.25) is 4.90 Å². The Morgan fingerprint density at radius 1 is 1.12 bits per heavy atom. The van der Waals surface area contributed by atoms with E-state index in [9.17, 15) is 4.79 Å². The molecule has 5 heteroatoms. The van der Waals surface area contributed by atoms with Crippen molar-refractivity contribution in [2.24, 2.45) is 0 Å². The first kappa shape index (κ1) is 17.6. The fraction of sp³-hybridized carbons (Fsp3) is 0.350. The van der Waals surface area contributed by atoms with Crippen LogP contribution in [-0.2, 0) is 0 Å². The summed E-state index contributed by atoms with van der Waals surface area (Å²) < 4.78 is 5.21. The number of nitrogens with zero attached hydrogens (tertiary/aromatic N) is 2. The van der Waals surface area contributed by atoms with Gasteiger partial charge in [0.25, 0.3) is 0 Å². The second kappa shape index (κ2) is 7.36. The van der Waals surface area contributed by atoms with Crippen LogP contribution in [0.1, 0.15) is 25.5 Å². The minimum Gasteiger partial charge on any atom is -0.497 e. The van der Waals surface area contributed by atoms with Gasteiger partial charge in [0.1, 0.15) is 5.75 Å². The van der Waals surface area contributed by atoms with Gasteiger partial charge in [-0.1, -0.05) is 30.3 Å². The molecule has 0 radical (unpaired) electrons. The van der Waals surface area contributed by atoms with Crippen LogP contribution >= 0.6 is 11.6 Å². The van der Waals surface area contributed by atoms with Gasteiger partial charge in [0.05, 0.1) is 25.2 Å². The largest absolute Gasteiger partial charge is 0.497 e. The molecule has 3 rings (SSSR count). The molecule has 4 nitrogen and oxygen atoms in total. The van der Waals surface area contributed by atoms with Gasteiger partial charge in [-0.2, -0.15) is 0 Å². The number of carbonyl (C=O) groups is 1. The van der Waals surface area contributed by atoms with E-state index in [1.54, 1.807) is 7.11 Å². The molecule has 1 fully saturated rings. The Bertz CT molecular complexity index is 720. The zero-order chi connectivity index (χ0) is 18.0. The Balaban J connectivity index is 1.93. The molecule has 0 bridgehead atoms. The highest BCUT2D eigenvalue weighted by atomic mass is 35.5. The van der Waals surface area contributed by atoms with E-state index < -0.39 is 0 Å². The number of methoxy groups -OCH3 is 1. The Morgan fingerprint density at radius 2 is 1.76 bits per heavy atom. The maximum atomic E-state index is 13.2. The highest BCUT2D eigenvalue weighted by Gasteiger charge is 2.45. The Morgan fingerprint density at radius 3 is 2.32 bits per heavy atom. The SMILES string of the molecule is COc1ccc(N2C(=O)N([C@H](C)c3ccccc3)[C@H](CCl)[C@H]2C)cc1. The van der Waals surface area contributed by atoms with Gasteiger partial charge in [-0.15, -0.1) is 11.6 Å². The maximum Gasteiger partial charge on any atom is 0.325 e. The minimum absolute atomic E-state index is 0.00967. The number of hydrogen-bond donors (Lipinski definition) is 0. The topological polar surface area (TPSA) is 32.8 Å². The highest BCUT2D eigenvalue weighted by Crippen LogP contribution is 2.36. The van der Waals surface area contributed by atoms with E-state index in [1.165, 1.54) is 0 Å². The van der Waals surface area contributed by atoms with Crippen molar-refractivity contribution in [2.45, 2.75) is 32.0 Å². The molecule has 0 aliphatic carbocycles. The molecule has 25 heavy (non-hydrogen) atoms. The number of alkyl halides is 1. The van der Waals surface area contributed by atoms with Crippen molar-refractivity contribution < 1.29 is 9.53 Å². The summed E-state index contributed by atoms with van der Waals surface area (Å²) in [6.07, 6.45) is 0. The van der Waals surface area contributed by atoms with Crippen LogP contribution < -0.4 is 9.64 Å². The summed E-state index contributed by atoms with van der Waals surface area (Å²) >= 11 is 6.25. The molecular formula is C20H23ClN2O2. The van der Waals surface area contributed by atoms with Gasteiger partial charge >= 0.3 is 6.03 Å². The summed E-state index contributed by atoms with van der Waals surface area (Å²) in [5.41, 5.74) is 1.96. The van der Waals surface area contributed by atoms with Gasteiger partial charge in [0, 0.05) is 11.6 Å². The number of carbonyl (C=O) groups excluding carboxylic acids is 1. The highest BCUT2D eigenvalue weighted by molar-refractivity contribution is 6.18.